The van der Waals surface area contributed by atoms with Crippen molar-refractivity contribution in [3.05, 3.63) is 17.5 Å². The van der Waals surface area contributed by atoms with Gasteiger partial charge in [0.2, 0.25) is 0 Å². The number of rotatable bonds is 1. The van der Waals surface area contributed by atoms with Gasteiger partial charge in [-0.15, -0.1) is 0 Å². The maximum Gasteiger partial charge on any atom is 0.306 e. The van der Waals surface area contributed by atoms with Crippen molar-refractivity contribution in [3.63, 3.8) is 0 Å². The number of hydrogen-bond acceptors (Lipinski definition) is 3. The Hall–Kier alpha value is -1.32. The molecule has 0 radical (unpaired) electrons. The molecular weight excluding hydrogens is 168 g/mol. The zero-order chi connectivity index (χ0) is 9.42. The fourth-order valence-corrected chi connectivity index (χ4v) is 1.58. The van der Waals surface area contributed by atoms with Gasteiger partial charge in [0.15, 0.2) is 0 Å². The molecule has 13 heavy (non-hydrogen) atoms. The molecule has 0 amide bonds. The third-order valence-electron chi connectivity index (χ3n) is 2.50. The van der Waals surface area contributed by atoms with Crippen molar-refractivity contribution in [3.8, 4) is 0 Å². The van der Waals surface area contributed by atoms with Crippen molar-refractivity contribution in [2.24, 2.45) is 7.05 Å². The fraction of sp³-hybridized carbons (Fsp3) is 0.556. The van der Waals surface area contributed by atoms with Gasteiger partial charge in [-0.2, -0.15) is 5.10 Å². The van der Waals surface area contributed by atoms with Crippen LogP contribution in [0.15, 0.2) is 6.20 Å². The van der Waals surface area contributed by atoms with Crippen molar-refractivity contribution in [1.82, 2.24) is 9.78 Å². The summed E-state index contributed by atoms with van der Waals surface area (Å²) in [5, 5.41) is 4.11. The molecule has 1 aromatic heterocycles. The molecule has 4 heteroatoms. The van der Waals surface area contributed by atoms with Crippen LogP contribution in [-0.2, 0) is 16.6 Å². The highest BCUT2D eigenvalue weighted by Crippen LogP contribution is 2.30. The van der Waals surface area contributed by atoms with E-state index < -0.39 is 0 Å². The van der Waals surface area contributed by atoms with Gasteiger partial charge in [0.05, 0.1) is 6.20 Å². The van der Waals surface area contributed by atoms with Crippen molar-refractivity contribution in [1.29, 1.82) is 0 Å². The summed E-state index contributed by atoms with van der Waals surface area (Å²) in [4.78, 5) is 10.9. The lowest BCUT2D eigenvalue weighted by atomic mass is 10.1. The number of aryl methyl sites for hydroxylation is 1. The molecule has 1 saturated heterocycles. The van der Waals surface area contributed by atoms with Crippen molar-refractivity contribution < 1.29 is 9.53 Å². The number of ether oxygens (including phenoxy) is 1. The molecule has 1 aliphatic heterocycles. The molecular formula is C9H12N2O2. The molecule has 2 heterocycles. The maximum absolute atomic E-state index is 10.9. The van der Waals surface area contributed by atoms with Crippen LogP contribution >= 0.6 is 0 Å². The van der Waals surface area contributed by atoms with E-state index in [9.17, 15) is 4.79 Å². The van der Waals surface area contributed by atoms with E-state index in [0.29, 0.717) is 6.42 Å². The summed E-state index contributed by atoms with van der Waals surface area (Å²) in [7, 11) is 1.88. The van der Waals surface area contributed by atoms with Gasteiger partial charge in [-0.1, -0.05) is 0 Å². The van der Waals surface area contributed by atoms with E-state index >= 15 is 0 Å². The van der Waals surface area contributed by atoms with Crippen molar-refractivity contribution >= 4 is 5.97 Å². The molecule has 1 aliphatic rings. The molecule has 0 bridgehead atoms. The van der Waals surface area contributed by atoms with Gasteiger partial charge in [0, 0.05) is 24.7 Å². The van der Waals surface area contributed by atoms with Gasteiger partial charge in [-0.3, -0.25) is 9.48 Å². The zero-order valence-corrected chi connectivity index (χ0v) is 7.78. The number of nitrogens with zero attached hydrogens (tertiary/aromatic N) is 2. The second-order valence-electron chi connectivity index (χ2n) is 3.33. The first-order valence-corrected chi connectivity index (χ1v) is 4.36. The molecule has 2 rings (SSSR count). The Morgan fingerprint density at radius 1 is 1.69 bits per heavy atom. The lowest BCUT2D eigenvalue weighted by molar-refractivity contribution is -0.141. The van der Waals surface area contributed by atoms with Gasteiger partial charge in [-0.05, 0) is 13.3 Å². The van der Waals surface area contributed by atoms with Crippen LogP contribution < -0.4 is 0 Å². The highest BCUT2D eigenvalue weighted by atomic mass is 16.5. The quantitative estimate of drug-likeness (QED) is 0.608. The summed E-state index contributed by atoms with van der Waals surface area (Å²) < 4.78 is 6.94. The van der Waals surface area contributed by atoms with E-state index in [2.05, 4.69) is 5.10 Å². The molecule has 1 fully saturated rings. The van der Waals surface area contributed by atoms with E-state index in [1.807, 2.05) is 14.0 Å². The lowest BCUT2D eigenvalue weighted by Crippen LogP contribution is -2.00. The summed E-state index contributed by atoms with van der Waals surface area (Å²) in [6.45, 7) is 1.98. The van der Waals surface area contributed by atoms with Crippen LogP contribution in [0.4, 0.5) is 0 Å². The largest absolute Gasteiger partial charge is 0.457 e. The molecule has 0 spiro atoms. The minimum atomic E-state index is -0.103. The van der Waals surface area contributed by atoms with E-state index in [-0.39, 0.29) is 12.1 Å². The minimum Gasteiger partial charge on any atom is -0.457 e. The van der Waals surface area contributed by atoms with Crippen LogP contribution in [0.5, 0.6) is 0 Å². The molecule has 1 atom stereocenters. The van der Waals surface area contributed by atoms with Gasteiger partial charge in [0.25, 0.3) is 0 Å². The lowest BCUT2D eigenvalue weighted by Gasteiger charge is -2.07. The predicted octanol–water partition coefficient (Wildman–Crippen LogP) is 1.11. The van der Waals surface area contributed by atoms with Gasteiger partial charge in [-0.25, -0.2) is 0 Å². The second kappa shape index (κ2) is 2.87. The van der Waals surface area contributed by atoms with Crippen LogP contribution in [0.3, 0.4) is 0 Å². The Balaban J connectivity index is 2.26. The topological polar surface area (TPSA) is 44.1 Å². The molecule has 0 saturated carbocycles. The van der Waals surface area contributed by atoms with E-state index in [0.717, 1.165) is 17.7 Å². The van der Waals surface area contributed by atoms with Crippen LogP contribution in [0.2, 0.25) is 0 Å². The Morgan fingerprint density at radius 2 is 2.46 bits per heavy atom. The smallest absolute Gasteiger partial charge is 0.306 e. The number of aromatic nitrogens is 2. The van der Waals surface area contributed by atoms with E-state index in [4.69, 9.17) is 4.74 Å². The highest BCUT2D eigenvalue weighted by Gasteiger charge is 2.27. The zero-order valence-electron chi connectivity index (χ0n) is 7.78. The molecule has 0 N–H and O–H groups in total. The first-order valence-electron chi connectivity index (χ1n) is 4.36. The molecule has 0 aliphatic carbocycles. The average Bonchev–Trinajstić information content (AvgIpc) is 2.62. The highest BCUT2D eigenvalue weighted by molar-refractivity contribution is 5.71. The van der Waals surface area contributed by atoms with Crippen LogP contribution in [-0.4, -0.2) is 15.7 Å². The summed E-state index contributed by atoms with van der Waals surface area (Å²) >= 11 is 0. The Labute approximate surface area is 76.5 Å². The number of cyclic esters (lactones) is 1. The third-order valence-corrected chi connectivity index (χ3v) is 2.50. The Morgan fingerprint density at radius 3 is 2.92 bits per heavy atom. The maximum atomic E-state index is 10.9. The summed E-state index contributed by atoms with van der Waals surface area (Å²) in [6.07, 6.45) is 3.02. The molecule has 1 aromatic rings. The van der Waals surface area contributed by atoms with Gasteiger partial charge in [0.1, 0.15) is 6.10 Å². The van der Waals surface area contributed by atoms with Crippen LogP contribution in [0, 0.1) is 6.92 Å². The summed E-state index contributed by atoms with van der Waals surface area (Å²) in [6, 6.07) is 0. The van der Waals surface area contributed by atoms with Crippen LogP contribution in [0.25, 0.3) is 0 Å². The standard InChI is InChI=1S/C9H12N2O2/c1-6-7(5-10-11(6)2)8-3-4-9(12)13-8/h5,8H,3-4H2,1-2H3. The molecule has 4 nitrogen and oxygen atoms in total. The van der Waals surface area contributed by atoms with E-state index in [1.165, 1.54) is 0 Å². The monoisotopic (exact) mass is 180 g/mol. The normalized spacial score (nSPS) is 22.0. The van der Waals surface area contributed by atoms with Gasteiger partial charge >= 0.3 is 5.97 Å². The first kappa shape index (κ1) is 8.29. The average molecular weight is 180 g/mol. The molecule has 1 unspecified atom stereocenters. The van der Waals surface area contributed by atoms with E-state index in [1.54, 1.807) is 10.9 Å². The first-order chi connectivity index (χ1) is 6.18. The Bertz CT molecular complexity index is 343. The van der Waals surface area contributed by atoms with Gasteiger partial charge < -0.3 is 4.74 Å². The third kappa shape index (κ3) is 1.32. The Kier molecular flexibility index (Phi) is 1.83. The second-order valence-corrected chi connectivity index (χ2v) is 3.33. The number of esters is 1. The summed E-state index contributed by atoms with van der Waals surface area (Å²) in [5.41, 5.74) is 2.10. The fourth-order valence-electron chi connectivity index (χ4n) is 1.58. The SMILES string of the molecule is Cc1c(C2CCC(=O)O2)cnn1C. The number of carbonyl (C=O) groups is 1. The van der Waals surface area contributed by atoms with Crippen LogP contribution in [0.1, 0.15) is 30.2 Å². The van der Waals surface area contributed by atoms with Crippen molar-refractivity contribution in [2.75, 3.05) is 0 Å². The van der Waals surface area contributed by atoms with Crippen molar-refractivity contribution in [2.45, 2.75) is 25.9 Å². The molecule has 0 aromatic carbocycles. The predicted molar refractivity (Wildman–Crippen MR) is 46.0 cm³/mol. The number of hydrogen-bond donors (Lipinski definition) is 0. The molecule has 70 valence electrons. The minimum absolute atomic E-state index is 0.0683. The number of carbonyl (C=O) groups excluding carboxylic acids is 1. The summed E-state index contributed by atoms with van der Waals surface area (Å²) in [5.74, 6) is -0.103.